The fourth-order valence-corrected chi connectivity index (χ4v) is 2.90. The number of hydrogen-bond acceptors (Lipinski definition) is 2. The quantitative estimate of drug-likeness (QED) is 0.925. The third-order valence-corrected chi connectivity index (χ3v) is 3.79. The summed E-state index contributed by atoms with van der Waals surface area (Å²) in [6.07, 6.45) is 0.713. The molecule has 0 aromatic heterocycles. The molecule has 1 aliphatic rings. The Kier molecular flexibility index (Phi) is 3.81. The molecule has 0 saturated carbocycles. The molecule has 1 aliphatic heterocycles. The van der Waals surface area contributed by atoms with Crippen LogP contribution in [0.2, 0.25) is 0 Å². The zero-order chi connectivity index (χ0) is 13.9. The monoisotopic (exact) mass is 270 g/mol. The molecule has 0 saturated heterocycles. The molecule has 0 unspecified atom stereocenters. The average molecular weight is 270 g/mol. The maximum absolute atomic E-state index is 13.2. The van der Waals surface area contributed by atoms with Gasteiger partial charge in [-0.2, -0.15) is 0 Å². The van der Waals surface area contributed by atoms with E-state index >= 15 is 0 Å². The van der Waals surface area contributed by atoms with E-state index in [-0.39, 0.29) is 11.9 Å². The Morgan fingerprint density at radius 3 is 2.40 bits per heavy atom. The van der Waals surface area contributed by atoms with Crippen molar-refractivity contribution in [1.29, 1.82) is 0 Å². The number of nitrogens with two attached hydrogens (primary N) is 1. The molecule has 20 heavy (non-hydrogen) atoms. The highest BCUT2D eigenvalue weighted by Gasteiger charge is 2.20. The molecule has 0 bridgehead atoms. The molecule has 0 aliphatic carbocycles. The molecule has 1 atom stereocenters. The number of rotatable bonds is 4. The second-order valence-electron chi connectivity index (χ2n) is 5.53. The molecule has 2 aromatic rings. The van der Waals surface area contributed by atoms with E-state index in [1.54, 1.807) is 12.1 Å². The van der Waals surface area contributed by atoms with Crippen LogP contribution < -0.4 is 5.73 Å². The van der Waals surface area contributed by atoms with Gasteiger partial charge in [0.15, 0.2) is 0 Å². The van der Waals surface area contributed by atoms with Crippen LogP contribution in [0.5, 0.6) is 0 Å². The standard InChI is InChI=1S/C17H19FN2/c18-16-7-3-4-13(8-16)9-17(19)12-20-10-14-5-1-2-6-15(14)11-20/h1-8,17H,9-12,19H2/t17-/m0/s1. The minimum atomic E-state index is -0.191. The number of halogens is 1. The molecule has 0 fully saturated rings. The second kappa shape index (κ2) is 5.73. The maximum Gasteiger partial charge on any atom is 0.123 e. The van der Waals surface area contributed by atoms with Gasteiger partial charge in [-0.15, -0.1) is 0 Å². The van der Waals surface area contributed by atoms with Crippen molar-refractivity contribution in [2.24, 2.45) is 5.73 Å². The zero-order valence-electron chi connectivity index (χ0n) is 11.4. The van der Waals surface area contributed by atoms with E-state index in [2.05, 4.69) is 29.2 Å². The summed E-state index contributed by atoms with van der Waals surface area (Å²) in [6.45, 7) is 2.77. The molecule has 3 heteroatoms. The lowest BCUT2D eigenvalue weighted by Crippen LogP contribution is -2.36. The van der Waals surface area contributed by atoms with Crippen molar-refractivity contribution >= 4 is 0 Å². The summed E-state index contributed by atoms with van der Waals surface area (Å²) in [5, 5.41) is 0. The van der Waals surface area contributed by atoms with Crippen LogP contribution in [-0.2, 0) is 19.5 Å². The van der Waals surface area contributed by atoms with Gasteiger partial charge in [0.25, 0.3) is 0 Å². The maximum atomic E-state index is 13.2. The fraction of sp³-hybridized carbons (Fsp3) is 0.294. The van der Waals surface area contributed by atoms with Gasteiger partial charge in [0.1, 0.15) is 5.82 Å². The van der Waals surface area contributed by atoms with Crippen LogP contribution in [0.15, 0.2) is 48.5 Å². The van der Waals surface area contributed by atoms with Crippen LogP contribution in [0, 0.1) is 5.82 Å². The molecular weight excluding hydrogens is 251 g/mol. The summed E-state index contributed by atoms with van der Waals surface area (Å²) < 4.78 is 13.2. The van der Waals surface area contributed by atoms with Crippen LogP contribution in [0.3, 0.4) is 0 Å². The molecule has 2 N–H and O–H groups in total. The van der Waals surface area contributed by atoms with Gasteiger partial charge in [-0.3, -0.25) is 4.90 Å². The molecule has 3 rings (SSSR count). The molecule has 1 heterocycles. The Balaban J connectivity index is 1.57. The minimum absolute atomic E-state index is 0.0334. The summed E-state index contributed by atoms with van der Waals surface area (Å²) >= 11 is 0. The molecule has 0 radical (unpaired) electrons. The Bertz CT molecular complexity index is 572. The molecular formula is C17H19FN2. The van der Waals surface area contributed by atoms with Gasteiger partial charge in [-0.25, -0.2) is 4.39 Å². The number of benzene rings is 2. The Morgan fingerprint density at radius 2 is 1.75 bits per heavy atom. The van der Waals surface area contributed by atoms with Crippen LogP contribution in [0.25, 0.3) is 0 Å². The van der Waals surface area contributed by atoms with Gasteiger partial charge in [0.05, 0.1) is 0 Å². The van der Waals surface area contributed by atoms with Crippen molar-refractivity contribution in [3.8, 4) is 0 Å². The summed E-state index contributed by atoms with van der Waals surface area (Å²) in [6, 6.07) is 15.2. The van der Waals surface area contributed by atoms with Gasteiger partial charge >= 0.3 is 0 Å². The summed E-state index contributed by atoms with van der Waals surface area (Å²) in [5.41, 5.74) is 9.96. The number of nitrogens with zero attached hydrogens (tertiary/aromatic N) is 1. The van der Waals surface area contributed by atoms with Gasteiger partial charge in [0.2, 0.25) is 0 Å². The highest BCUT2D eigenvalue weighted by molar-refractivity contribution is 5.30. The second-order valence-corrected chi connectivity index (χ2v) is 5.53. The Hall–Kier alpha value is -1.71. The van der Waals surface area contributed by atoms with Crippen molar-refractivity contribution in [1.82, 2.24) is 4.90 Å². The molecule has 104 valence electrons. The Morgan fingerprint density at radius 1 is 1.05 bits per heavy atom. The van der Waals surface area contributed by atoms with E-state index in [4.69, 9.17) is 5.73 Å². The third-order valence-electron chi connectivity index (χ3n) is 3.79. The van der Waals surface area contributed by atoms with E-state index in [1.165, 1.54) is 17.2 Å². The summed E-state index contributed by atoms with van der Waals surface area (Å²) in [7, 11) is 0. The van der Waals surface area contributed by atoms with Crippen LogP contribution >= 0.6 is 0 Å². The summed E-state index contributed by atoms with van der Waals surface area (Å²) in [4.78, 5) is 2.36. The molecule has 2 nitrogen and oxygen atoms in total. The molecule has 0 amide bonds. The van der Waals surface area contributed by atoms with Gasteiger partial charge in [0, 0.05) is 25.7 Å². The largest absolute Gasteiger partial charge is 0.326 e. The van der Waals surface area contributed by atoms with Crippen molar-refractivity contribution in [3.05, 3.63) is 71.0 Å². The highest BCUT2D eigenvalue weighted by Crippen LogP contribution is 2.22. The number of hydrogen-bond donors (Lipinski definition) is 1. The highest BCUT2D eigenvalue weighted by atomic mass is 19.1. The van der Waals surface area contributed by atoms with E-state index in [1.807, 2.05) is 6.07 Å². The number of fused-ring (bicyclic) bond motifs is 1. The van der Waals surface area contributed by atoms with E-state index in [9.17, 15) is 4.39 Å². The first-order valence-corrected chi connectivity index (χ1v) is 7.00. The van der Waals surface area contributed by atoms with Crippen molar-refractivity contribution in [2.75, 3.05) is 6.54 Å². The topological polar surface area (TPSA) is 29.3 Å². The first-order chi connectivity index (χ1) is 9.70. The van der Waals surface area contributed by atoms with E-state index in [0.29, 0.717) is 6.42 Å². The SMILES string of the molecule is N[C@@H](Cc1cccc(F)c1)CN1Cc2ccccc2C1. The van der Waals surface area contributed by atoms with Crippen molar-refractivity contribution < 1.29 is 4.39 Å². The van der Waals surface area contributed by atoms with Crippen molar-refractivity contribution in [3.63, 3.8) is 0 Å². The minimum Gasteiger partial charge on any atom is -0.326 e. The third kappa shape index (κ3) is 3.06. The fourth-order valence-electron chi connectivity index (χ4n) is 2.90. The molecule has 0 spiro atoms. The normalized spacial score (nSPS) is 16.1. The lowest BCUT2D eigenvalue weighted by molar-refractivity contribution is 0.264. The van der Waals surface area contributed by atoms with Gasteiger partial charge in [-0.05, 0) is 35.2 Å². The van der Waals surface area contributed by atoms with E-state index in [0.717, 1.165) is 25.2 Å². The van der Waals surface area contributed by atoms with Crippen LogP contribution in [0.4, 0.5) is 4.39 Å². The smallest absolute Gasteiger partial charge is 0.123 e. The average Bonchev–Trinajstić information content (AvgIpc) is 2.80. The van der Waals surface area contributed by atoms with Gasteiger partial charge < -0.3 is 5.73 Å². The molecule has 2 aromatic carbocycles. The predicted molar refractivity (Wildman–Crippen MR) is 78.6 cm³/mol. The first kappa shape index (κ1) is 13.3. The first-order valence-electron chi connectivity index (χ1n) is 7.00. The van der Waals surface area contributed by atoms with Crippen molar-refractivity contribution in [2.45, 2.75) is 25.6 Å². The van der Waals surface area contributed by atoms with Crippen LogP contribution in [0.1, 0.15) is 16.7 Å². The zero-order valence-corrected chi connectivity index (χ0v) is 11.4. The predicted octanol–water partition coefficient (Wildman–Crippen LogP) is 2.71. The lowest BCUT2D eigenvalue weighted by atomic mass is 10.1. The van der Waals surface area contributed by atoms with Gasteiger partial charge in [-0.1, -0.05) is 36.4 Å². The summed E-state index contributed by atoms with van der Waals surface area (Å²) in [5.74, 6) is -0.191. The Labute approximate surface area is 119 Å². The van der Waals surface area contributed by atoms with Crippen LogP contribution in [-0.4, -0.2) is 17.5 Å². The lowest BCUT2D eigenvalue weighted by Gasteiger charge is -2.20. The van der Waals surface area contributed by atoms with E-state index < -0.39 is 0 Å².